The Morgan fingerprint density at radius 3 is 1.63 bits per heavy atom. The lowest BCUT2D eigenvalue weighted by atomic mass is 10.0. The molecule has 0 aliphatic carbocycles. The quantitative estimate of drug-likeness (QED) is 0.0258. The summed E-state index contributed by atoms with van der Waals surface area (Å²) in [6.45, 7) is 4.77. The fraction of sp³-hybridized carbons (Fsp3) is 0.875. The normalized spacial score (nSPS) is 14.8. The maximum absolute atomic E-state index is 12.8. The molecule has 0 aromatic rings. The molecule has 0 heterocycles. The van der Waals surface area contributed by atoms with E-state index in [-0.39, 0.29) is 19.1 Å². The van der Waals surface area contributed by atoms with Crippen molar-refractivity contribution in [3.05, 3.63) is 24.3 Å². The zero-order valence-corrected chi connectivity index (χ0v) is 33.6. The van der Waals surface area contributed by atoms with Gasteiger partial charge < -0.3 is 19.8 Å². The number of nitrogens with zero attached hydrogens (tertiary/aromatic N) is 1. The Labute approximate surface area is 303 Å². The van der Waals surface area contributed by atoms with Gasteiger partial charge in [0.1, 0.15) is 13.2 Å². The number of hydrogen-bond donors (Lipinski definition) is 3. The van der Waals surface area contributed by atoms with Gasteiger partial charge in [0.05, 0.1) is 39.9 Å². The van der Waals surface area contributed by atoms with Gasteiger partial charge >= 0.3 is 7.82 Å². The second-order valence-corrected chi connectivity index (χ2v) is 16.5. The number of amides is 1. The first-order valence-corrected chi connectivity index (χ1v) is 21.7. The van der Waals surface area contributed by atoms with Crippen LogP contribution in [0.15, 0.2) is 24.3 Å². The van der Waals surface area contributed by atoms with Crippen LogP contribution in [0.4, 0.5) is 0 Å². The molecule has 0 spiro atoms. The summed E-state index contributed by atoms with van der Waals surface area (Å²) >= 11 is 0. The predicted molar refractivity (Wildman–Crippen MR) is 208 cm³/mol. The van der Waals surface area contributed by atoms with Gasteiger partial charge in [0, 0.05) is 6.42 Å². The molecule has 49 heavy (non-hydrogen) atoms. The van der Waals surface area contributed by atoms with Gasteiger partial charge in [-0.3, -0.25) is 13.8 Å². The first kappa shape index (κ1) is 48.0. The fourth-order valence-corrected chi connectivity index (χ4v) is 6.38. The molecule has 9 heteroatoms. The minimum atomic E-state index is -4.33. The zero-order chi connectivity index (χ0) is 36.5. The molecule has 0 aliphatic heterocycles. The van der Waals surface area contributed by atoms with E-state index < -0.39 is 20.0 Å². The second kappa shape index (κ2) is 32.9. The zero-order valence-electron chi connectivity index (χ0n) is 32.7. The monoisotopic (exact) mass is 716 g/mol. The van der Waals surface area contributed by atoms with Crippen molar-refractivity contribution in [1.82, 2.24) is 5.32 Å². The summed E-state index contributed by atoms with van der Waals surface area (Å²) in [5.74, 6) is -0.189. The van der Waals surface area contributed by atoms with Gasteiger partial charge in [-0.2, -0.15) is 0 Å². The minimum absolute atomic E-state index is 0.0579. The van der Waals surface area contributed by atoms with Crippen LogP contribution >= 0.6 is 7.82 Å². The molecule has 0 aromatic heterocycles. The number of unbranched alkanes of at least 4 members (excludes halogenated alkanes) is 21. The molecule has 1 amide bonds. The number of phosphoric acid groups is 1. The second-order valence-electron chi connectivity index (χ2n) is 15.0. The Bertz CT molecular complexity index is 860. The van der Waals surface area contributed by atoms with Crippen LogP contribution in [-0.4, -0.2) is 73.4 Å². The third-order valence-electron chi connectivity index (χ3n) is 8.92. The first-order valence-electron chi connectivity index (χ1n) is 20.2. The number of allylic oxidation sites excluding steroid dienone is 3. The van der Waals surface area contributed by atoms with Crippen molar-refractivity contribution < 1.29 is 32.9 Å². The molecular formula is C40H80N2O6P+. The van der Waals surface area contributed by atoms with E-state index in [1.54, 1.807) is 6.08 Å². The van der Waals surface area contributed by atoms with Gasteiger partial charge in [-0.05, 0) is 32.1 Å². The highest BCUT2D eigenvalue weighted by Crippen LogP contribution is 2.43. The molecule has 0 fully saturated rings. The minimum Gasteiger partial charge on any atom is -0.387 e. The van der Waals surface area contributed by atoms with Crippen molar-refractivity contribution in [2.45, 2.75) is 187 Å². The molecule has 8 nitrogen and oxygen atoms in total. The highest BCUT2D eigenvalue weighted by molar-refractivity contribution is 7.47. The van der Waals surface area contributed by atoms with Gasteiger partial charge in [0.25, 0.3) is 0 Å². The average molecular weight is 716 g/mol. The third kappa shape index (κ3) is 35.2. The molecule has 0 bridgehead atoms. The Hall–Kier alpha value is -1.02. The summed E-state index contributed by atoms with van der Waals surface area (Å²) in [6.07, 6.45) is 36.7. The molecule has 0 aliphatic rings. The van der Waals surface area contributed by atoms with Crippen molar-refractivity contribution in [1.29, 1.82) is 0 Å². The van der Waals surface area contributed by atoms with Crippen LogP contribution in [0.5, 0.6) is 0 Å². The van der Waals surface area contributed by atoms with Crippen LogP contribution < -0.4 is 5.32 Å². The number of aliphatic hydroxyl groups is 1. The van der Waals surface area contributed by atoms with Crippen LogP contribution in [0.2, 0.25) is 0 Å². The summed E-state index contributed by atoms with van der Waals surface area (Å²) in [5, 5.41) is 13.7. The number of carbonyl (C=O) groups is 1. The molecule has 0 rings (SSSR count). The topological polar surface area (TPSA) is 105 Å². The van der Waals surface area contributed by atoms with Gasteiger partial charge in [0.2, 0.25) is 5.91 Å². The number of rotatable bonds is 36. The maximum Gasteiger partial charge on any atom is 0.472 e. The van der Waals surface area contributed by atoms with E-state index in [1.807, 2.05) is 27.2 Å². The Morgan fingerprint density at radius 1 is 0.673 bits per heavy atom. The van der Waals surface area contributed by atoms with Crippen molar-refractivity contribution in [3.63, 3.8) is 0 Å². The molecule has 3 atom stereocenters. The van der Waals surface area contributed by atoms with Gasteiger partial charge in [-0.15, -0.1) is 0 Å². The highest BCUT2D eigenvalue weighted by atomic mass is 31.2. The van der Waals surface area contributed by atoms with Gasteiger partial charge in [-0.1, -0.05) is 160 Å². The molecule has 0 aromatic carbocycles. The van der Waals surface area contributed by atoms with Crippen LogP contribution in [0.3, 0.4) is 0 Å². The molecule has 290 valence electrons. The van der Waals surface area contributed by atoms with E-state index in [4.69, 9.17) is 9.05 Å². The summed E-state index contributed by atoms with van der Waals surface area (Å²) in [5.41, 5.74) is 0. The predicted octanol–water partition coefficient (Wildman–Crippen LogP) is 10.6. The number of phosphoric ester groups is 1. The molecule has 0 saturated heterocycles. The third-order valence-corrected chi connectivity index (χ3v) is 9.91. The average Bonchev–Trinajstić information content (AvgIpc) is 3.04. The summed E-state index contributed by atoms with van der Waals surface area (Å²) in [6, 6.07) is -0.856. The maximum atomic E-state index is 12.8. The number of hydrogen-bond acceptors (Lipinski definition) is 5. The Kier molecular flexibility index (Phi) is 32.2. The van der Waals surface area contributed by atoms with Crippen molar-refractivity contribution in [2.24, 2.45) is 0 Å². The van der Waals surface area contributed by atoms with Crippen molar-refractivity contribution in [2.75, 3.05) is 40.9 Å². The molecule has 3 N–H and O–H groups in total. The highest BCUT2D eigenvalue weighted by Gasteiger charge is 2.27. The van der Waals surface area contributed by atoms with Crippen LogP contribution in [0.1, 0.15) is 174 Å². The molecule has 0 radical (unpaired) electrons. The van der Waals surface area contributed by atoms with E-state index in [9.17, 15) is 19.4 Å². The largest absolute Gasteiger partial charge is 0.472 e. The number of quaternary nitrogens is 1. The lowest BCUT2D eigenvalue weighted by Gasteiger charge is -2.25. The molecule has 0 saturated carbocycles. The van der Waals surface area contributed by atoms with Gasteiger partial charge in [-0.25, -0.2) is 4.57 Å². The van der Waals surface area contributed by atoms with E-state index >= 15 is 0 Å². The van der Waals surface area contributed by atoms with Crippen LogP contribution in [0.25, 0.3) is 0 Å². The summed E-state index contributed by atoms with van der Waals surface area (Å²) in [7, 11) is 1.56. The SMILES string of the molecule is CCCCCCCCCCC/C=C/CC/C=C/C(O)C(COP(=O)(O)OCC[N+](C)(C)C)NC(=O)CCCCCCCCCCCCCC. The summed E-state index contributed by atoms with van der Waals surface area (Å²) in [4.78, 5) is 23.0. The molecular weight excluding hydrogens is 635 g/mol. The number of likely N-dealkylation sites (N-methyl/N-ethyl adjacent to an activating group) is 1. The Balaban J connectivity index is 4.55. The summed E-state index contributed by atoms with van der Waals surface area (Å²) < 4.78 is 23.4. The number of nitrogens with one attached hydrogen (secondary N) is 1. The smallest absolute Gasteiger partial charge is 0.387 e. The van der Waals surface area contributed by atoms with Crippen molar-refractivity contribution in [3.8, 4) is 0 Å². The van der Waals surface area contributed by atoms with Crippen LogP contribution in [-0.2, 0) is 18.4 Å². The van der Waals surface area contributed by atoms with Crippen LogP contribution in [0, 0.1) is 0 Å². The first-order chi connectivity index (χ1) is 23.5. The number of carbonyl (C=O) groups excluding carboxylic acids is 1. The van der Waals surface area contributed by atoms with E-state index in [0.29, 0.717) is 17.4 Å². The fourth-order valence-electron chi connectivity index (χ4n) is 5.64. The lowest BCUT2D eigenvalue weighted by molar-refractivity contribution is -0.870. The lowest BCUT2D eigenvalue weighted by Crippen LogP contribution is -2.45. The van der Waals surface area contributed by atoms with E-state index in [1.165, 1.54) is 116 Å². The van der Waals surface area contributed by atoms with E-state index in [0.717, 1.165) is 38.5 Å². The number of aliphatic hydroxyl groups excluding tert-OH is 1. The molecule has 3 unspecified atom stereocenters. The van der Waals surface area contributed by atoms with Gasteiger partial charge in [0.15, 0.2) is 0 Å². The van der Waals surface area contributed by atoms with E-state index in [2.05, 4.69) is 31.3 Å². The Morgan fingerprint density at radius 2 is 1.12 bits per heavy atom. The van der Waals surface area contributed by atoms with Crippen molar-refractivity contribution >= 4 is 13.7 Å². The standard InChI is InChI=1S/C40H79N2O6P/c1-6-8-10-12-14-16-18-20-21-22-23-25-27-29-31-33-39(43)38(37-48-49(45,46)47-36-35-42(3,4)5)41-40(44)34-32-30-28-26-24-19-17-15-13-11-9-7-2/h23,25,31,33,38-39,43H,6-22,24,26-30,32,34-37H2,1-5H3,(H-,41,44,45,46)/p+1/b25-23+,33-31+.